The molecule has 1 aliphatic rings. The van der Waals surface area contributed by atoms with Gasteiger partial charge in [-0.2, -0.15) is 5.10 Å². The molecule has 1 atom stereocenters. The lowest BCUT2D eigenvalue weighted by Crippen LogP contribution is -2.32. The SMILES string of the molecule is CCCOc1cc2[nH]ncc2cc1Nc1ncnc2sc3c(c12)CC[C@H](C(=O)N(C)C)C3. The summed E-state index contributed by atoms with van der Waals surface area (Å²) < 4.78 is 6.01. The first kappa shape index (κ1) is 20.7. The van der Waals surface area contributed by atoms with Crippen molar-refractivity contribution in [2.24, 2.45) is 5.92 Å². The van der Waals surface area contributed by atoms with Gasteiger partial charge in [0.15, 0.2) is 0 Å². The molecule has 0 saturated heterocycles. The Hall–Kier alpha value is -3.20. The number of benzene rings is 1. The van der Waals surface area contributed by atoms with Crippen LogP contribution in [-0.4, -0.2) is 51.7 Å². The van der Waals surface area contributed by atoms with Crippen molar-refractivity contribution in [3.63, 3.8) is 0 Å². The van der Waals surface area contributed by atoms with Crippen molar-refractivity contribution in [1.82, 2.24) is 25.1 Å². The number of thiophene rings is 1. The molecular formula is C23H26N6O2S. The highest BCUT2D eigenvalue weighted by Crippen LogP contribution is 2.41. The van der Waals surface area contributed by atoms with Crippen LogP contribution in [0, 0.1) is 5.92 Å². The van der Waals surface area contributed by atoms with Gasteiger partial charge in [0.25, 0.3) is 0 Å². The predicted octanol–water partition coefficient (Wildman–Crippen LogP) is 4.29. The molecule has 32 heavy (non-hydrogen) atoms. The molecule has 0 spiro atoms. The van der Waals surface area contributed by atoms with Gasteiger partial charge in [-0.1, -0.05) is 6.92 Å². The van der Waals surface area contributed by atoms with Crippen LogP contribution in [0.15, 0.2) is 24.7 Å². The summed E-state index contributed by atoms with van der Waals surface area (Å²) >= 11 is 1.67. The van der Waals surface area contributed by atoms with Gasteiger partial charge in [0.05, 0.1) is 29.4 Å². The van der Waals surface area contributed by atoms with Crippen LogP contribution in [0.3, 0.4) is 0 Å². The van der Waals surface area contributed by atoms with E-state index in [-0.39, 0.29) is 11.8 Å². The van der Waals surface area contributed by atoms with E-state index in [1.165, 1.54) is 10.4 Å². The molecule has 5 rings (SSSR count). The molecule has 8 nitrogen and oxygen atoms in total. The van der Waals surface area contributed by atoms with E-state index in [9.17, 15) is 4.79 Å². The van der Waals surface area contributed by atoms with Crippen molar-refractivity contribution in [3.8, 4) is 5.75 Å². The van der Waals surface area contributed by atoms with Crippen LogP contribution in [0.25, 0.3) is 21.1 Å². The molecule has 3 heterocycles. The molecule has 0 unspecified atom stereocenters. The second-order valence-electron chi connectivity index (χ2n) is 8.36. The summed E-state index contributed by atoms with van der Waals surface area (Å²) in [5, 5.41) is 12.7. The summed E-state index contributed by atoms with van der Waals surface area (Å²) in [4.78, 5) is 25.5. The summed E-state index contributed by atoms with van der Waals surface area (Å²) in [6.45, 7) is 2.71. The van der Waals surface area contributed by atoms with Crippen molar-refractivity contribution < 1.29 is 9.53 Å². The number of aromatic amines is 1. The normalized spacial score (nSPS) is 15.7. The first-order chi connectivity index (χ1) is 15.5. The number of carbonyl (C=O) groups excluding carboxylic acids is 1. The van der Waals surface area contributed by atoms with E-state index in [1.54, 1.807) is 28.8 Å². The van der Waals surface area contributed by atoms with Gasteiger partial charge in [0.1, 0.15) is 22.7 Å². The topological polar surface area (TPSA) is 96.0 Å². The van der Waals surface area contributed by atoms with Gasteiger partial charge in [-0.15, -0.1) is 11.3 Å². The minimum Gasteiger partial charge on any atom is -0.491 e. The zero-order chi connectivity index (χ0) is 22.2. The van der Waals surface area contributed by atoms with Crippen LogP contribution in [0.5, 0.6) is 5.75 Å². The monoisotopic (exact) mass is 450 g/mol. The minimum atomic E-state index is 0.0347. The van der Waals surface area contributed by atoms with Gasteiger partial charge in [-0.25, -0.2) is 9.97 Å². The maximum Gasteiger partial charge on any atom is 0.225 e. The number of H-pyrrole nitrogens is 1. The Morgan fingerprint density at radius 1 is 1.34 bits per heavy atom. The lowest BCUT2D eigenvalue weighted by Gasteiger charge is -2.24. The smallest absolute Gasteiger partial charge is 0.225 e. The Morgan fingerprint density at radius 3 is 3.03 bits per heavy atom. The Kier molecular flexibility index (Phi) is 5.42. The lowest BCUT2D eigenvalue weighted by atomic mass is 9.87. The number of anilines is 2. The van der Waals surface area contributed by atoms with E-state index in [2.05, 4.69) is 32.4 Å². The highest BCUT2D eigenvalue weighted by atomic mass is 32.1. The number of rotatable bonds is 6. The minimum absolute atomic E-state index is 0.0347. The predicted molar refractivity (Wildman–Crippen MR) is 127 cm³/mol. The standard InChI is InChI=1S/C23H26N6O2S/c1-4-7-31-18-10-16-14(11-26-28-16)8-17(18)27-21-20-15-6-5-13(23(30)29(2)3)9-19(15)32-22(20)25-12-24-21/h8,10-13H,4-7,9H2,1-3H3,(H,26,28)(H,24,25,27)/t13-/m0/s1. The molecule has 1 aromatic carbocycles. The number of carbonyl (C=O) groups is 1. The van der Waals surface area contributed by atoms with E-state index < -0.39 is 0 Å². The van der Waals surface area contributed by atoms with Gasteiger partial charge in [0, 0.05) is 36.3 Å². The van der Waals surface area contributed by atoms with E-state index in [0.29, 0.717) is 6.61 Å². The second-order valence-corrected chi connectivity index (χ2v) is 9.44. The quantitative estimate of drug-likeness (QED) is 0.455. The van der Waals surface area contributed by atoms with Crippen LogP contribution in [0.1, 0.15) is 30.2 Å². The maximum atomic E-state index is 12.5. The van der Waals surface area contributed by atoms with E-state index in [1.807, 2.05) is 26.2 Å². The Labute approximate surface area is 190 Å². The molecule has 0 bridgehead atoms. The van der Waals surface area contributed by atoms with Crippen LogP contribution < -0.4 is 10.1 Å². The molecule has 0 saturated carbocycles. The zero-order valence-corrected chi connectivity index (χ0v) is 19.3. The number of nitrogens with zero attached hydrogens (tertiary/aromatic N) is 4. The largest absolute Gasteiger partial charge is 0.491 e. The Balaban J connectivity index is 1.53. The van der Waals surface area contributed by atoms with E-state index in [0.717, 1.165) is 64.1 Å². The number of aryl methyl sites for hydroxylation is 1. The third kappa shape index (κ3) is 3.66. The maximum absolute atomic E-state index is 12.5. The van der Waals surface area contributed by atoms with Gasteiger partial charge < -0.3 is 15.0 Å². The van der Waals surface area contributed by atoms with Gasteiger partial charge in [-0.3, -0.25) is 9.89 Å². The molecule has 9 heteroatoms. The van der Waals surface area contributed by atoms with E-state index in [4.69, 9.17) is 4.74 Å². The summed E-state index contributed by atoms with van der Waals surface area (Å²) in [7, 11) is 3.65. The van der Waals surface area contributed by atoms with Crippen molar-refractivity contribution in [2.75, 3.05) is 26.0 Å². The lowest BCUT2D eigenvalue weighted by molar-refractivity contribution is -0.133. The van der Waals surface area contributed by atoms with Crippen molar-refractivity contribution in [1.29, 1.82) is 0 Å². The highest BCUT2D eigenvalue weighted by molar-refractivity contribution is 7.19. The number of nitrogens with one attached hydrogen (secondary N) is 2. The first-order valence-corrected chi connectivity index (χ1v) is 11.7. The first-order valence-electron chi connectivity index (χ1n) is 10.9. The van der Waals surface area contributed by atoms with Gasteiger partial charge in [0.2, 0.25) is 5.91 Å². The highest BCUT2D eigenvalue weighted by Gasteiger charge is 2.30. The average Bonchev–Trinajstić information content (AvgIpc) is 3.40. The van der Waals surface area contributed by atoms with Crippen LogP contribution in [0.4, 0.5) is 11.5 Å². The summed E-state index contributed by atoms with van der Waals surface area (Å²) in [5.41, 5.74) is 3.04. The summed E-state index contributed by atoms with van der Waals surface area (Å²) in [5.74, 6) is 1.77. The Bertz CT molecular complexity index is 1290. The fraction of sp³-hybridized carbons (Fsp3) is 0.391. The molecule has 0 radical (unpaired) electrons. The number of aromatic nitrogens is 4. The van der Waals surface area contributed by atoms with Gasteiger partial charge in [-0.05, 0) is 37.3 Å². The van der Waals surface area contributed by atoms with Crippen molar-refractivity contribution in [2.45, 2.75) is 32.6 Å². The number of ether oxygens (including phenoxy) is 1. The molecular weight excluding hydrogens is 424 g/mol. The van der Waals surface area contributed by atoms with Gasteiger partial charge >= 0.3 is 0 Å². The second kappa shape index (κ2) is 8.38. The molecule has 3 aromatic heterocycles. The third-order valence-electron chi connectivity index (χ3n) is 5.89. The van der Waals surface area contributed by atoms with Crippen LogP contribution in [0.2, 0.25) is 0 Å². The number of hydrogen-bond donors (Lipinski definition) is 2. The summed E-state index contributed by atoms with van der Waals surface area (Å²) in [6.07, 6.45) is 6.77. The van der Waals surface area contributed by atoms with Crippen molar-refractivity contribution in [3.05, 3.63) is 35.1 Å². The van der Waals surface area contributed by atoms with Crippen molar-refractivity contribution >= 4 is 49.9 Å². The Morgan fingerprint density at radius 2 is 2.22 bits per heavy atom. The molecule has 0 fully saturated rings. The number of amides is 1. The van der Waals surface area contributed by atoms with E-state index >= 15 is 0 Å². The van der Waals surface area contributed by atoms with Crippen LogP contribution >= 0.6 is 11.3 Å². The fourth-order valence-electron chi connectivity index (χ4n) is 4.31. The molecule has 0 aliphatic heterocycles. The summed E-state index contributed by atoms with van der Waals surface area (Å²) in [6, 6.07) is 4.00. The zero-order valence-electron chi connectivity index (χ0n) is 18.4. The molecule has 166 valence electrons. The average molecular weight is 451 g/mol. The molecule has 2 N–H and O–H groups in total. The molecule has 1 aliphatic carbocycles. The van der Waals surface area contributed by atoms with Crippen LogP contribution in [-0.2, 0) is 17.6 Å². The fourth-order valence-corrected chi connectivity index (χ4v) is 5.58. The number of fused-ring (bicyclic) bond motifs is 4. The number of hydrogen-bond acceptors (Lipinski definition) is 7. The third-order valence-corrected chi connectivity index (χ3v) is 7.05. The molecule has 4 aromatic rings. The molecule has 1 amide bonds.